The van der Waals surface area contributed by atoms with Crippen molar-refractivity contribution in [3.63, 3.8) is 0 Å². The molecule has 1 fully saturated rings. The van der Waals surface area contributed by atoms with Crippen molar-refractivity contribution in [2.75, 3.05) is 33.4 Å². The van der Waals surface area contributed by atoms with Crippen LogP contribution in [0.4, 0.5) is 4.39 Å². The van der Waals surface area contributed by atoms with Crippen LogP contribution in [0.15, 0.2) is 54.7 Å². The topological polar surface area (TPSA) is 64.6 Å². The summed E-state index contributed by atoms with van der Waals surface area (Å²) in [7, 11) is 1.68. The summed E-state index contributed by atoms with van der Waals surface area (Å²) >= 11 is 0. The Morgan fingerprint density at radius 1 is 1.16 bits per heavy atom. The molecule has 0 radical (unpaired) electrons. The molecule has 0 aliphatic carbocycles. The van der Waals surface area contributed by atoms with Crippen LogP contribution < -0.4 is 4.74 Å². The van der Waals surface area contributed by atoms with Crippen molar-refractivity contribution in [3.05, 3.63) is 71.7 Å². The average Bonchev–Trinajstić information content (AvgIpc) is 3.24. The van der Waals surface area contributed by atoms with Crippen LogP contribution in [0.3, 0.4) is 0 Å². The van der Waals surface area contributed by atoms with Gasteiger partial charge in [-0.15, -0.1) is 0 Å². The lowest BCUT2D eigenvalue weighted by molar-refractivity contribution is 0.0500. The molecular weight excluding hydrogens is 395 g/mol. The number of benzene rings is 2. The molecule has 0 unspecified atom stereocenters. The Balaban J connectivity index is 1.44. The highest BCUT2D eigenvalue weighted by molar-refractivity contribution is 5.62. The minimum atomic E-state index is -0.257. The number of hydrogen-bond acceptors (Lipinski definition) is 5. The van der Waals surface area contributed by atoms with E-state index in [0.29, 0.717) is 0 Å². The Hall–Kier alpha value is -2.74. The summed E-state index contributed by atoms with van der Waals surface area (Å²) < 4.78 is 19.0. The SMILES string of the molecule is COc1cccc(CN2CCN(Cc3cn[nH]c3-c3cccc(F)c3)C[C@@H]2CCO)c1. The van der Waals surface area contributed by atoms with E-state index in [1.165, 1.54) is 17.7 Å². The highest BCUT2D eigenvalue weighted by Gasteiger charge is 2.27. The van der Waals surface area contributed by atoms with Gasteiger partial charge in [-0.25, -0.2) is 4.39 Å². The number of methoxy groups -OCH3 is 1. The first-order valence-electron chi connectivity index (χ1n) is 10.6. The van der Waals surface area contributed by atoms with E-state index in [9.17, 15) is 9.50 Å². The van der Waals surface area contributed by atoms with Crippen molar-refractivity contribution in [2.45, 2.75) is 25.6 Å². The molecule has 2 heterocycles. The minimum absolute atomic E-state index is 0.160. The van der Waals surface area contributed by atoms with Gasteiger partial charge in [0.05, 0.1) is 19.0 Å². The first-order valence-corrected chi connectivity index (χ1v) is 10.6. The first-order chi connectivity index (χ1) is 15.2. The Morgan fingerprint density at radius 3 is 2.84 bits per heavy atom. The molecule has 4 rings (SSSR count). The van der Waals surface area contributed by atoms with Gasteiger partial charge in [-0.1, -0.05) is 24.3 Å². The minimum Gasteiger partial charge on any atom is -0.497 e. The molecule has 0 saturated carbocycles. The predicted octanol–water partition coefficient (Wildman–Crippen LogP) is 3.29. The zero-order valence-electron chi connectivity index (χ0n) is 17.8. The van der Waals surface area contributed by atoms with Crippen molar-refractivity contribution in [1.29, 1.82) is 0 Å². The number of aromatic nitrogens is 2. The third kappa shape index (κ3) is 5.31. The van der Waals surface area contributed by atoms with E-state index < -0.39 is 0 Å². The number of ether oxygens (including phenoxy) is 1. The number of hydrogen-bond donors (Lipinski definition) is 2. The molecule has 0 bridgehead atoms. The maximum atomic E-state index is 13.7. The van der Waals surface area contributed by atoms with Crippen LogP contribution in [0.25, 0.3) is 11.3 Å². The van der Waals surface area contributed by atoms with E-state index >= 15 is 0 Å². The Labute approximate surface area is 182 Å². The Kier molecular flexibility index (Phi) is 6.96. The van der Waals surface area contributed by atoms with Crippen LogP contribution in [-0.2, 0) is 13.1 Å². The van der Waals surface area contributed by atoms with E-state index in [2.05, 4.69) is 32.1 Å². The second-order valence-electron chi connectivity index (χ2n) is 8.00. The highest BCUT2D eigenvalue weighted by Crippen LogP contribution is 2.25. The molecule has 1 saturated heterocycles. The third-order valence-electron chi connectivity index (χ3n) is 5.90. The van der Waals surface area contributed by atoms with Gasteiger partial charge in [0.1, 0.15) is 11.6 Å². The third-order valence-corrected chi connectivity index (χ3v) is 5.90. The molecule has 1 aliphatic heterocycles. The number of halogens is 1. The van der Waals surface area contributed by atoms with Gasteiger partial charge in [0, 0.05) is 56.5 Å². The van der Waals surface area contributed by atoms with E-state index in [1.54, 1.807) is 13.2 Å². The Morgan fingerprint density at radius 2 is 2.03 bits per heavy atom. The number of aromatic amines is 1. The number of nitrogens with zero attached hydrogens (tertiary/aromatic N) is 3. The zero-order valence-corrected chi connectivity index (χ0v) is 17.8. The number of aliphatic hydroxyl groups excluding tert-OH is 1. The van der Waals surface area contributed by atoms with Crippen LogP contribution in [0, 0.1) is 5.82 Å². The summed E-state index contributed by atoms with van der Waals surface area (Å²) in [6.07, 6.45) is 2.55. The first kappa shape index (κ1) is 21.5. The summed E-state index contributed by atoms with van der Waals surface area (Å²) in [4.78, 5) is 4.82. The molecule has 0 amide bonds. The second kappa shape index (κ2) is 10.0. The molecule has 2 aromatic carbocycles. The fraction of sp³-hybridized carbons (Fsp3) is 0.375. The average molecular weight is 425 g/mol. The van der Waals surface area contributed by atoms with Gasteiger partial charge in [-0.05, 0) is 36.2 Å². The van der Waals surface area contributed by atoms with Gasteiger partial charge in [-0.3, -0.25) is 14.9 Å². The van der Waals surface area contributed by atoms with Gasteiger partial charge >= 0.3 is 0 Å². The van der Waals surface area contributed by atoms with E-state index in [1.807, 2.05) is 24.4 Å². The van der Waals surface area contributed by atoms with Crippen LogP contribution in [0.2, 0.25) is 0 Å². The summed E-state index contributed by atoms with van der Waals surface area (Å²) in [5, 5.41) is 16.9. The van der Waals surface area contributed by atoms with Gasteiger partial charge in [0.2, 0.25) is 0 Å². The normalized spacial score (nSPS) is 17.7. The molecular formula is C24H29FN4O2. The fourth-order valence-corrected chi connectivity index (χ4v) is 4.30. The van der Waals surface area contributed by atoms with Crippen molar-refractivity contribution < 1.29 is 14.2 Å². The molecule has 0 spiro atoms. The molecule has 3 aromatic rings. The van der Waals surface area contributed by atoms with Crippen LogP contribution in [-0.4, -0.2) is 64.5 Å². The maximum Gasteiger partial charge on any atom is 0.123 e. The van der Waals surface area contributed by atoms with Crippen molar-refractivity contribution >= 4 is 0 Å². The van der Waals surface area contributed by atoms with Crippen molar-refractivity contribution in [2.24, 2.45) is 0 Å². The molecule has 2 N–H and O–H groups in total. The summed E-state index contributed by atoms with van der Waals surface area (Å²) in [6, 6.07) is 15.0. The van der Waals surface area contributed by atoms with E-state index in [4.69, 9.17) is 4.74 Å². The molecule has 7 heteroatoms. The van der Waals surface area contributed by atoms with Gasteiger partial charge in [0.15, 0.2) is 0 Å². The van der Waals surface area contributed by atoms with Gasteiger partial charge < -0.3 is 9.84 Å². The van der Waals surface area contributed by atoms with Crippen molar-refractivity contribution in [1.82, 2.24) is 20.0 Å². The molecule has 164 valence electrons. The van der Waals surface area contributed by atoms with Gasteiger partial charge in [-0.2, -0.15) is 5.10 Å². The molecule has 1 atom stereocenters. The lowest BCUT2D eigenvalue weighted by Crippen LogP contribution is -2.52. The molecule has 31 heavy (non-hydrogen) atoms. The van der Waals surface area contributed by atoms with E-state index in [-0.39, 0.29) is 18.5 Å². The lowest BCUT2D eigenvalue weighted by atomic mass is 10.0. The largest absolute Gasteiger partial charge is 0.497 e. The smallest absolute Gasteiger partial charge is 0.123 e. The Bertz CT molecular complexity index is 993. The zero-order chi connectivity index (χ0) is 21.6. The maximum absolute atomic E-state index is 13.7. The van der Waals surface area contributed by atoms with Gasteiger partial charge in [0.25, 0.3) is 0 Å². The second-order valence-corrected chi connectivity index (χ2v) is 8.00. The molecule has 1 aromatic heterocycles. The van der Waals surface area contributed by atoms with Crippen LogP contribution >= 0.6 is 0 Å². The quantitative estimate of drug-likeness (QED) is 0.581. The summed E-state index contributed by atoms with van der Waals surface area (Å²) in [5.74, 6) is 0.604. The fourth-order valence-electron chi connectivity index (χ4n) is 4.30. The van der Waals surface area contributed by atoms with Crippen LogP contribution in [0.1, 0.15) is 17.5 Å². The summed E-state index contributed by atoms with van der Waals surface area (Å²) in [6.45, 7) is 4.41. The molecule has 6 nitrogen and oxygen atoms in total. The molecule has 1 aliphatic rings. The number of aliphatic hydroxyl groups is 1. The van der Waals surface area contributed by atoms with E-state index in [0.717, 1.165) is 61.7 Å². The number of piperazine rings is 1. The predicted molar refractivity (Wildman–Crippen MR) is 118 cm³/mol. The number of nitrogens with one attached hydrogen (secondary N) is 1. The highest BCUT2D eigenvalue weighted by atomic mass is 19.1. The monoisotopic (exact) mass is 424 g/mol. The number of rotatable bonds is 8. The number of H-pyrrole nitrogens is 1. The summed E-state index contributed by atoms with van der Waals surface area (Å²) in [5.41, 5.74) is 3.92. The lowest BCUT2D eigenvalue weighted by Gasteiger charge is -2.41. The van der Waals surface area contributed by atoms with Crippen LogP contribution in [0.5, 0.6) is 5.75 Å². The van der Waals surface area contributed by atoms with Crippen molar-refractivity contribution in [3.8, 4) is 17.0 Å². The standard InChI is InChI=1S/C24H29FN4O2/c1-31-23-7-2-4-18(12-23)15-29-10-9-28(17-22(29)8-11-30)16-20-14-26-27-24(20)19-5-3-6-21(25)13-19/h2-7,12-14,22,30H,8-11,15-17H2,1H3,(H,26,27)/t22-/m0/s1.